The van der Waals surface area contributed by atoms with Gasteiger partial charge in [-0.05, 0) is 43.9 Å². The Kier molecular flexibility index (Phi) is 10.9. The third-order valence-corrected chi connectivity index (χ3v) is 8.47. The Morgan fingerprint density at radius 3 is 2.62 bits per heavy atom. The summed E-state index contributed by atoms with van der Waals surface area (Å²) >= 11 is 6.80. The standard InChI is InChI=1S/C31H35ClFN8O6P/c1-8-17(2)40-15-25(38-39-40)29(22-9-10-26(33)36-18(22)3)41(30(42)46-16-47-48(43,44)45)21-11-23-27(37-19(4)31(5,6)7)20(13-34)14-35-28(23)24(32)12-21/h9-12,14-15,19,29H,2,8,16H2,1,3-7H3,(H,35,37)(H2,43,44,45)/t19-,29+/m1/s1. The second-order valence-electron chi connectivity index (χ2n) is 12.0. The van der Waals surface area contributed by atoms with E-state index in [0.717, 1.165) is 11.0 Å². The summed E-state index contributed by atoms with van der Waals surface area (Å²) < 4.78 is 36.7. The van der Waals surface area contributed by atoms with E-state index in [1.54, 1.807) is 6.07 Å². The number of pyridine rings is 2. The van der Waals surface area contributed by atoms with Gasteiger partial charge in [-0.2, -0.15) is 9.65 Å². The summed E-state index contributed by atoms with van der Waals surface area (Å²) in [6, 6.07) is 6.30. The maximum atomic E-state index is 14.3. The van der Waals surface area contributed by atoms with Gasteiger partial charge in [-0.25, -0.2) is 23.5 Å². The first kappa shape index (κ1) is 36.4. The Morgan fingerprint density at radius 1 is 1.31 bits per heavy atom. The molecular weight excluding hydrogens is 666 g/mol. The molecule has 0 spiro atoms. The zero-order valence-corrected chi connectivity index (χ0v) is 28.8. The third kappa shape index (κ3) is 8.15. The first-order valence-corrected chi connectivity index (χ1v) is 16.5. The number of carbonyl (C=O) groups excluding carboxylic acids is 1. The van der Waals surface area contributed by atoms with Crippen LogP contribution in [0.4, 0.5) is 20.6 Å². The molecule has 0 unspecified atom stereocenters. The normalized spacial score (nSPS) is 13.1. The Hall–Kier alpha value is -4.45. The fourth-order valence-corrected chi connectivity index (χ4v) is 5.06. The van der Waals surface area contributed by atoms with Crippen LogP contribution in [0.25, 0.3) is 16.6 Å². The van der Waals surface area contributed by atoms with Crippen molar-refractivity contribution in [2.24, 2.45) is 5.41 Å². The molecule has 0 aliphatic heterocycles. The van der Waals surface area contributed by atoms with Crippen molar-refractivity contribution >= 4 is 53.5 Å². The number of nitriles is 1. The summed E-state index contributed by atoms with van der Waals surface area (Å²) in [6.07, 6.45) is 2.29. The van der Waals surface area contributed by atoms with E-state index in [-0.39, 0.29) is 39.1 Å². The van der Waals surface area contributed by atoms with Gasteiger partial charge in [-0.1, -0.05) is 57.2 Å². The number of nitrogens with one attached hydrogen (secondary N) is 1. The van der Waals surface area contributed by atoms with Gasteiger partial charge in [0.1, 0.15) is 17.8 Å². The van der Waals surface area contributed by atoms with Crippen molar-refractivity contribution in [2.75, 3.05) is 17.0 Å². The lowest BCUT2D eigenvalue weighted by molar-refractivity contribution is 0.0427. The van der Waals surface area contributed by atoms with Gasteiger partial charge >= 0.3 is 13.9 Å². The maximum Gasteiger partial charge on any atom is 0.472 e. The Bertz CT molecular complexity index is 1950. The zero-order chi connectivity index (χ0) is 35.6. The highest BCUT2D eigenvalue weighted by Crippen LogP contribution is 2.41. The van der Waals surface area contributed by atoms with Gasteiger partial charge < -0.3 is 19.8 Å². The summed E-state index contributed by atoms with van der Waals surface area (Å²) in [7, 11) is -5.02. The number of rotatable bonds is 11. The predicted molar refractivity (Wildman–Crippen MR) is 177 cm³/mol. The second kappa shape index (κ2) is 14.3. The van der Waals surface area contributed by atoms with Crippen LogP contribution >= 0.6 is 19.4 Å². The quantitative estimate of drug-likeness (QED) is 0.0852. The van der Waals surface area contributed by atoms with Crippen molar-refractivity contribution in [2.45, 2.75) is 60.0 Å². The molecule has 2 atom stereocenters. The number of aryl methyl sites for hydroxylation is 1. The van der Waals surface area contributed by atoms with Gasteiger partial charge in [0.25, 0.3) is 0 Å². The monoisotopic (exact) mass is 700 g/mol. The van der Waals surface area contributed by atoms with Crippen LogP contribution in [0.1, 0.15) is 69.6 Å². The smallest absolute Gasteiger partial charge is 0.421 e. The van der Waals surface area contributed by atoms with Crippen molar-refractivity contribution in [3.05, 3.63) is 76.7 Å². The molecule has 48 heavy (non-hydrogen) atoms. The van der Waals surface area contributed by atoms with Crippen molar-refractivity contribution < 1.29 is 32.8 Å². The van der Waals surface area contributed by atoms with Crippen molar-refractivity contribution in [3.63, 3.8) is 0 Å². The molecule has 3 heterocycles. The van der Waals surface area contributed by atoms with Crippen LogP contribution in [0, 0.1) is 29.6 Å². The number of hydrogen-bond acceptors (Lipinski definition) is 10. The number of hydrogen-bond donors (Lipinski definition) is 3. The van der Waals surface area contributed by atoms with Crippen LogP contribution in [-0.2, 0) is 13.8 Å². The number of amides is 1. The molecular formula is C31H35ClFN8O6P. The molecule has 0 fully saturated rings. The lowest BCUT2D eigenvalue weighted by Crippen LogP contribution is -2.37. The van der Waals surface area contributed by atoms with E-state index in [4.69, 9.17) is 16.3 Å². The Morgan fingerprint density at radius 2 is 2.02 bits per heavy atom. The van der Waals surface area contributed by atoms with Gasteiger partial charge in [0.05, 0.1) is 33.7 Å². The van der Waals surface area contributed by atoms with E-state index < -0.39 is 32.7 Å². The van der Waals surface area contributed by atoms with Crippen molar-refractivity contribution in [3.8, 4) is 6.07 Å². The predicted octanol–water partition coefficient (Wildman–Crippen LogP) is 6.72. The molecule has 0 saturated heterocycles. The number of halogens is 2. The number of aromatic nitrogens is 5. The van der Waals surface area contributed by atoms with Crippen LogP contribution in [0.3, 0.4) is 0 Å². The van der Waals surface area contributed by atoms with E-state index in [1.165, 1.54) is 36.1 Å². The number of carbonyl (C=O) groups is 1. The van der Waals surface area contributed by atoms with Crippen LogP contribution in [0.2, 0.25) is 5.02 Å². The van der Waals surface area contributed by atoms with E-state index in [0.29, 0.717) is 34.3 Å². The molecule has 4 rings (SSSR count). The number of anilines is 2. The molecule has 0 bridgehead atoms. The average Bonchev–Trinajstić information content (AvgIpc) is 3.49. The fourth-order valence-electron chi connectivity index (χ4n) is 4.61. The number of fused-ring (bicyclic) bond motifs is 1. The molecule has 254 valence electrons. The highest BCUT2D eigenvalue weighted by atomic mass is 35.5. The van der Waals surface area contributed by atoms with Gasteiger partial charge in [-0.15, -0.1) is 5.10 Å². The average molecular weight is 701 g/mol. The summed E-state index contributed by atoms with van der Waals surface area (Å²) in [5.74, 6) is -0.769. The molecule has 1 aromatic carbocycles. The highest BCUT2D eigenvalue weighted by Gasteiger charge is 2.35. The minimum absolute atomic E-state index is 0.0922. The Balaban J connectivity index is 2.03. The molecule has 0 aliphatic rings. The van der Waals surface area contributed by atoms with Crippen LogP contribution in [0.5, 0.6) is 0 Å². The minimum Gasteiger partial charge on any atom is -0.421 e. The zero-order valence-electron chi connectivity index (χ0n) is 27.1. The number of phosphoric ester groups is 1. The fraction of sp³-hybridized carbons (Fsp3) is 0.355. The van der Waals surface area contributed by atoms with Crippen molar-refractivity contribution in [1.82, 2.24) is 25.0 Å². The minimum atomic E-state index is -5.02. The summed E-state index contributed by atoms with van der Waals surface area (Å²) in [4.78, 5) is 41.9. The molecule has 17 heteroatoms. The van der Waals surface area contributed by atoms with Crippen LogP contribution in [0.15, 0.2) is 43.2 Å². The molecule has 1 amide bonds. The molecule has 3 N–H and O–H groups in total. The van der Waals surface area contributed by atoms with Crippen molar-refractivity contribution in [1.29, 1.82) is 5.26 Å². The summed E-state index contributed by atoms with van der Waals surface area (Å²) in [5, 5.41) is 22.3. The number of phosphoric acid groups is 1. The lowest BCUT2D eigenvalue weighted by atomic mass is 9.87. The molecule has 0 saturated carbocycles. The summed E-state index contributed by atoms with van der Waals surface area (Å²) in [5.41, 5.74) is 2.06. The van der Waals surface area contributed by atoms with Gasteiger partial charge in [-0.3, -0.25) is 9.88 Å². The maximum absolute atomic E-state index is 14.3. The topological polar surface area (TPSA) is 189 Å². The van der Waals surface area contributed by atoms with Gasteiger partial charge in [0, 0.05) is 34.6 Å². The first-order valence-electron chi connectivity index (χ1n) is 14.6. The van der Waals surface area contributed by atoms with Gasteiger partial charge in [0.15, 0.2) is 0 Å². The lowest BCUT2D eigenvalue weighted by Gasteiger charge is -2.32. The SMILES string of the molecule is C=C(CC)n1cc([C@H](c2ccc(F)nc2C)N(C(=O)OCOP(=O)(O)O)c2cc(Cl)c3ncc(C#N)c(N[C@H](C)C(C)(C)C)c3c2)nn1. The van der Waals surface area contributed by atoms with Crippen LogP contribution in [-0.4, -0.2) is 53.7 Å². The molecule has 0 radical (unpaired) electrons. The largest absolute Gasteiger partial charge is 0.472 e. The van der Waals surface area contributed by atoms with Gasteiger partial charge in [0.2, 0.25) is 12.7 Å². The Labute approximate surface area is 281 Å². The molecule has 14 nitrogen and oxygen atoms in total. The molecule has 3 aromatic heterocycles. The third-order valence-electron chi connectivity index (χ3n) is 7.74. The van der Waals surface area contributed by atoms with E-state index in [9.17, 15) is 28.8 Å². The first-order chi connectivity index (χ1) is 22.4. The van der Waals surface area contributed by atoms with E-state index in [2.05, 4.69) is 42.8 Å². The number of allylic oxidation sites excluding steroid dienone is 1. The summed E-state index contributed by atoms with van der Waals surface area (Å²) in [6.45, 7) is 14.3. The molecule has 4 aromatic rings. The molecule has 0 aliphatic carbocycles. The second-order valence-corrected chi connectivity index (χ2v) is 13.6. The highest BCUT2D eigenvalue weighted by molar-refractivity contribution is 7.46. The van der Waals surface area contributed by atoms with E-state index in [1.807, 2.05) is 34.6 Å². The number of nitrogens with zero attached hydrogens (tertiary/aromatic N) is 7. The van der Waals surface area contributed by atoms with Crippen LogP contribution < -0.4 is 10.2 Å². The number of benzene rings is 1. The number of ether oxygens (including phenoxy) is 1. The van der Waals surface area contributed by atoms with E-state index >= 15 is 0 Å².